The zero-order chi connectivity index (χ0) is 25.3. The highest BCUT2D eigenvalue weighted by Gasteiger charge is 2.59. The van der Waals surface area contributed by atoms with Gasteiger partial charge in [0.05, 0.1) is 19.4 Å². The van der Waals surface area contributed by atoms with Gasteiger partial charge in [-0.2, -0.15) is 0 Å². The van der Waals surface area contributed by atoms with Crippen molar-refractivity contribution in [3.05, 3.63) is 0 Å². The first kappa shape index (κ1) is 31.7. The van der Waals surface area contributed by atoms with Gasteiger partial charge < -0.3 is 13.3 Å². The topological polar surface area (TPSA) is 27.7 Å². The molecule has 0 aromatic carbocycles. The predicted molar refractivity (Wildman–Crippen MR) is 150 cm³/mol. The first-order chi connectivity index (χ1) is 13.5. The van der Waals surface area contributed by atoms with Crippen LogP contribution >= 0.6 is 0 Å². The normalized spacial score (nSPS) is 21.2. The molecular formula is C24H58O3Si4. The molecule has 188 valence electrons. The lowest BCUT2D eigenvalue weighted by molar-refractivity contribution is 0.0000560. The molecule has 0 aliphatic heterocycles. The van der Waals surface area contributed by atoms with Crippen molar-refractivity contribution in [2.45, 2.75) is 155 Å². The van der Waals surface area contributed by atoms with Crippen molar-refractivity contribution >= 4 is 33.0 Å². The maximum atomic E-state index is 7.31. The van der Waals surface area contributed by atoms with Crippen molar-refractivity contribution in [1.29, 1.82) is 0 Å². The molecule has 0 aromatic rings. The van der Waals surface area contributed by atoms with Crippen LogP contribution in [0.25, 0.3) is 0 Å². The molecule has 0 heterocycles. The lowest BCUT2D eigenvalue weighted by Gasteiger charge is -2.58. The van der Waals surface area contributed by atoms with Crippen molar-refractivity contribution in [2.24, 2.45) is 0 Å². The predicted octanol–water partition coefficient (Wildman–Crippen LogP) is 8.59. The van der Waals surface area contributed by atoms with E-state index in [-0.39, 0.29) is 21.6 Å². The van der Waals surface area contributed by atoms with Gasteiger partial charge in [0.25, 0.3) is 0 Å². The molecule has 0 spiro atoms. The minimum Gasteiger partial charge on any atom is -0.415 e. The highest BCUT2D eigenvalue weighted by atomic mass is 28.4. The van der Waals surface area contributed by atoms with Crippen molar-refractivity contribution in [2.75, 3.05) is 0 Å². The highest BCUT2D eigenvalue weighted by Crippen LogP contribution is 2.56. The second-order valence-corrected chi connectivity index (χ2v) is 31.9. The van der Waals surface area contributed by atoms with E-state index in [1.165, 1.54) is 0 Å². The Labute approximate surface area is 200 Å². The van der Waals surface area contributed by atoms with Crippen LogP contribution in [0.1, 0.15) is 67.7 Å². The van der Waals surface area contributed by atoms with Crippen LogP contribution in [0.2, 0.25) is 70.5 Å². The third kappa shape index (κ3) is 7.12. The van der Waals surface area contributed by atoms with Gasteiger partial charge in [0, 0.05) is 10.3 Å². The fourth-order valence-electron chi connectivity index (χ4n) is 4.78. The standard InChI is InChI=1S/C24H58O3Si4/c1-18-22(5,26-30(14,15)21(4)25-29(11,12)13)23(6,19-2)31(16,17)27-24(7,20-3)28(8,9)10/h21H,18-20H2,1-17H3/t21-,22?,23?,24?/m0/s1. The minimum atomic E-state index is -2.16. The molecular weight excluding hydrogens is 449 g/mol. The van der Waals surface area contributed by atoms with Crippen LogP contribution in [0, 0.1) is 0 Å². The van der Waals surface area contributed by atoms with Gasteiger partial charge in [0.15, 0.2) is 16.6 Å². The summed E-state index contributed by atoms with van der Waals surface area (Å²) in [5.41, 5.74) is -0.0574. The summed E-state index contributed by atoms with van der Waals surface area (Å²) in [6.07, 6.45) is 3.13. The molecule has 0 N–H and O–H groups in total. The first-order valence-corrected chi connectivity index (χ1v) is 25.4. The molecule has 0 saturated heterocycles. The summed E-state index contributed by atoms with van der Waals surface area (Å²) in [6, 6.07) is 0. The maximum Gasteiger partial charge on any atom is 0.214 e. The molecule has 0 aliphatic rings. The van der Waals surface area contributed by atoms with Gasteiger partial charge in [-0.05, 0) is 85.9 Å². The molecule has 0 bridgehead atoms. The first-order valence-electron chi connectivity index (χ1n) is 12.6. The largest absolute Gasteiger partial charge is 0.415 e. The third-order valence-electron chi connectivity index (χ3n) is 8.62. The van der Waals surface area contributed by atoms with Crippen LogP contribution in [-0.4, -0.2) is 49.6 Å². The van der Waals surface area contributed by atoms with Crippen molar-refractivity contribution in [3.8, 4) is 0 Å². The summed E-state index contributed by atoms with van der Waals surface area (Å²) in [6.45, 7) is 40.1. The average Bonchev–Trinajstić information content (AvgIpc) is 2.57. The highest BCUT2D eigenvalue weighted by molar-refractivity contribution is 6.81. The molecule has 0 saturated carbocycles. The molecule has 0 aliphatic carbocycles. The molecule has 7 heteroatoms. The lowest BCUT2D eigenvalue weighted by atomic mass is 9.85. The smallest absolute Gasteiger partial charge is 0.214 e. The number of hydrogen-bond acceptors (Lipinski definition) is 3. The van der Waals surface area contributed by atoms with E-state index < -0.39 is 33.0 Å². The van der Waals surface area contributed by atoms with E-state index in [1.807, 2.05) is 0 Å². The van der Waals surface area contributed by atoms with Gasteiger partial charge in [-0.3, -0.25) is 0 Å². The Morgan fingerprint density at radius 3 is 1.42 bits per heavy atom. The third-order valence-corrected chi connectivity index (χ3v) is 21.3. The maximum absolute atomic E-state index is 7.31. The Balaban J connectivity index is 6.25. The number of hydrogen-bond donors (Lipinski definition) is 0. The number of rotatable bonds is 13. The molecule has 4 atom stereocenters. The van der Waals surface area contributed by atoms with Gasteiger partial charge in [-0.25, -0.2) is 0 Å². The summed E-state index contributed by atoms with van der Waals surface area (Å²) in [5.74, 6) is 0. The van der Waals surface area contributed by atoms with E-state index in [1.54, 1.807) is 0 Å². The average molecular weight is 507 g/mol. The zero-order valence-electron chi connectivity index (χ0n) is 24.4. The van der Waals surface area contributed by atoms with Crippen LogP contribution in [0.5, 0.6) is 0 Å². The van der Waals surface area contributed by atoms with Gasteiger partial charge >= 0.3 is 0 Å². The Morgan fingerprint density at radius 1 is 0.677 bits per heavy atom. The summed E-state index contributed by atoms with van der Waals surface area (Å²) in [4.78, 5) is 0. The summed E-state index contributed by atoms with van der Waals surface area (Å²) in [7, 11) is -7.38. The summed E-state index contributed by atoms with van der Waals surface area (Å²) < 4.78 is 21.1. The quantitative estimate of drug-likeness (QED) is 0.234. The zero-order valence-corrected chi connectivity index (χ0v) is 28.4. The Bertz CT molecular complexity index is 582. The molecule has 0 rings (SSSR count). The molecule has 31 heavy (non-hydrogen) atoms. The van der Waals surface area contributed by atoms with Crippen LogP contribution < -0.4 is 0 Å². The van der Waals surface area contributed by atoms with E-state index in [2.05, 4.69) is 114 Å². The second-order valence-electron chi connectivity index (χ2n) is 13.3. The molecule has 3 unspecified atom stereocenters. The fourth-order valence-corrected chi connectivity index (χ4v) is 16.7. The molecule has 0 radical (unpaired) electrons. The fraction of sp³-hybridized carbons (Fsp3) is 1.00. The van der Waals surface area contributed by atoms with E-state index in [4.69, 9.17) is 13.3 Å². The van der Waals surface area contributed by atoms with Crippen LogP contribution in [0.3, 0.4) is 0 Å². The summed E-state index contributed by atoms with van der Waals surface area (Å²) in [5, 5.41) is -0.0248. The van der Waals surface area contributed by atoms with E-state index >= 15 is 0 Å². The van der Waals surface area contributed by atoms with Crippen molar-refractivity contribution < 1.29 is 13.3 Å². The van der Waals surface area contributed by atoms with Crippen molar-refractivity contribution in [3.63, 3.8) is 0 Å². The van der Waals surface area contributed by atoms with Gasteiger partial charge in [0.2, 0.25) is 8.32 Å². The van der Waals surface area contributed by atoms with Gasteiger partial charge in [0.1, 0.15) is 0 Å². The molecule has 0 aromatic heterocycles. The van der Waals surface area contributed by atoms with E-state index in [0.717, 1.165) is 19.3 Å². The Kier molecular flexibility index (Phi) is 10.4. The minimum absolute atomic E-state index is 0.00597. The molecule has 0 fully saturated rings. The lowest BCUT2D eigenvalue weighted by Crippen LogP contribution is -2.66. The Morgan fingerprint density at radius 2 is 1.13 bits per heavy atom. The molecule has 3 nitrogen and oxygen atoms in total. The Hall–Kier alpha value is 0.748. The second kappa shape index (κ2) is 10.2. The monoisotopic (exact) mass is 506 g/mol. The van der Waals surface area contributed by atoms with Crippen LogP contribution in [0.4, 0.5) is 0 Å². The van der Waals surface area contributed by atoms with Crippen LogP contribution in [-0.2, 0) is 13.3 Å². The van der Waals surface area contributed by atoms with E-state index in [9.17, 15) is 0 Å². The van der Waals surface area contributed by atoms with Gasteiger partial charge in [-0.1, -0.05) is 47.3 Å². The SMILES string of the molecule is CCC(C)(O[Si](C)(C)[C@@H](C)O[Si](C)(C)C)C(C)(CC)[Si](C)(C)OC(C)(CC)[Si](C)(C)C. The molecule has 0 amide bonds. The van der Waals surface area contributed by atoms with Crippen molar-refractivity contribution in [1.82, 2.24) is 0 Å². The van der Waals surface area contributed by atoms with E-state index in [0.29, 0.717) is 0 Å². The van der Waals surface area contributed by atoms with Gasteiger partial charge in [-0.15, -0.1) is 0 Å². The van der Waals surface area contributed by atoms with Crippen LogP contribution in [0.15, 0.2) is 0 Å². The summed E-state index contributed by atoms with van der Waals surface area (Å²) >= 11 is 0.